The minimum Gasteiger partial charge on any atom is -0.496 e. The van der Waals surface area contributed by atoms with Crippen LogP contribution < -0.4 is 4.74 Å². The Morgan fingerprint density at radius 2 is 1.90 bits per heavy atom. The molecule has 0 fully saturated rings. The molecule has 0 bridgehead atoms. The number of carbonyl (C=O) groups excluding carboxylic acids is 1. The van der Waals surface area contributed by atoms with Crippen LogP contribution >= 0.6 is 0 Å². The molecule has 0 saturated heterocycles. The molecule has 0 heterocycles. The lowest BCUT2D eigenvalue weighted by atomic mass is 10.1. The minimum atomic E-state index is -0.133. The first-order valence-electron chi connectivity index (χ1n) is 6.25. The molecule has 104 valence electrons. The van der Waals surface area contributed by atoms with E-state index in [1.807, 2.05) is 6.07 Å². The number of hydrogen-bond donors (Lipinski definition) is 0. The monoisotopic (exact) mass is 279 g/mol. The van der Waals surface area contributed by atoms with E-state index >= 15 is 0 Å². The Kier molecular flexibility index (Phi) is 4.75. The van der Waals surface area contributed by atoms with Crippen LogP contribution in [0.15, 0.2) is 59.7 Å². The molecule has 0 N–H and O–H groups in total. The molecule has 0 saturated carbocycles. The van der Waals surface area contributed by atoms with Gasteiger partial charge in [-0.15, -0.1) is 0 Å². The Bertz CT molecular complexity index is 715. The van der Waals surface area contributed by atoms with Crippen molar-refractivity contribution in [3.8, 4) is 5.75 Å². The lowest BCUT2D eigenvalue weighted by Crippen LogP contribution is -1.98. The van der Waals surface area contributed by atoms with Crippen LogP contribution in [0, 0.1) is 0 Å². The molecule has 2 aromatic rings. The summed E-state index contributed by atoms with van der Waals surface area (Å²) in [5, 5.41) is 3.49. The van der Waals surface area contributed by atoms with Gasteiger partial charge in [0.1, 0.15) is 5.75 Å². The molecule has 5 nitrogen and oxygen atoms in total. The first-order valence-corrected chi connectivity index (χ1v) is 6.25. The Morgan fingerprint density at radius 3 is 2.57 bits per heavy atom. The van der Waals surface area contributed by atoms with Gasteiger partial charge in [0.15, 0.2) is 5.78 Å². The average molecular weight is 279 g/mol. The molecule has 2 rings (SSSR count). The van der Waals surface area contributed by atoms with Gasteiger partial charge in [-0.1, -0.05) is 47.6 Å². The van der Waals surface area contributed by atoms with Crippen molar-refractivity contribution in [2.45, 2.75) is 0 Å². The van der Waals surface area contributed by atoms with E-state index in [0.717, 1.165) is 5.56 Å². The highest BCUT2D eigenvalue weighted by Gasteiger charge is 2.07. The fraction of sp³-hybridized carbons (Fsp3) is 0.0625. The number of benzene rings is 2. The predicted molar refractivity (Wildman–Crippen MR) is 81.6 cm³/mol. The zero-order chi connectivity index (χ0) is 15.1. The molecular formula is C16H13N3O2. The van der Waals surface area contributed by atoms with Gasteiger partial charge in [-0.05, 0) is 29.3 Å². The van der Waals surface area contributed by atoms with Crippen LogP contribution in [0.1, 0.15) is 15.9 Å². The van der Waals surface area contributed by atoms with Gasteiger partial charge in [0.2, 0.25) is 0 Å². The molecular weight excluding hydrogens is 266 g/mol. The fourth-order valence-electron chi connectivity index (χ4n) is 1.81. The Balaban J connectivity index is 2.16. The quantitative estimate of drug-likeness (QED) is 0.265. The summed E-state index contributed by atoms with van der Waals surface area (Å²) in [7, 11) is 1.53. The van der Waals surface area contributed by atoms with Crippen LogP contribution in [0.2, 0.25) is 0 Å². The van der Waals surface area contributed by atoms with Crippen LogP contribution in [-0.2, 0) is 0 Å². The topological polar surface area (TPSA) is 75.1 Å². The smallest absolute Gasteiger partial charge is 0.189 e. The van der Waals surface area contributed by atoms with E-state index in [4.69, 9.17) is 10.3 Å². The largest absolute Gasteiger partial charge is 0.496 e. The van der Waals surface area contributed by atoms with Gasteiger partial charge in [0, 0.05) is 10.6 Å². The van der Waals surface area contributed by atoms with Crippen LogP contribution in [-0.4, -0.2) is 12.9 Å². The maximum absolute atomic E-state index is 12.1. The minimum absolute atomic E-state index is 0.133. The summed E-state index contributed by atoms with van der Waals surface area (Å²) in [6.07, 6.45) is 3.19. The van der Waals surface area contributed by atoms with Crippen molar-refractivity contribution in [3.05, 3.63) is 76.2 Å². The molecule has 0 amide bonds. The molecule has 0 aliphatic heterocycles. The standard InChI is InChI=1S/C16H13N3O2/c1-21-16-5-3-2-4-14(16)15(20)11-8-12-6-9-13(10-7-12)18-19-17/h2-11H,1H3/b11-8+. The second kappa shape index (κ2) is 6.93. The number of ketones is 1. The molecule has 0 radical (unpaired) electrons. The predicted octanol–water partition coefficient (Wildman–Crippen LogP) is 4.53. The fourth-order valence-corrected chi connectivity index (χ4v) is 1.81. The highest BCUT2D eigenvalue weighted by Crippen LogP contribution is 2.19. The van der Waals surface area contributed by atoms with Gasteiger partial charge in [0.05, 0.1) is 12.7 Å². The van der Waals surface area contributed by atoms with Crippen LogP contribution in [0.3, 0.4) is 0 Å². The van der Waals surface area contributed by atoms with Gasteiger partial charge in [-0.3, -0.25) is 4.79 Å². The van der Waals surface area contributed by atoms with Crippen molar-refractivity contribution in [2.75, 3.05) is 7.11 Å². The number of para-hydroxylation sites is 1. The molecule has 0 atom stereocenters. The molecule has 0 spiro atoms. The summed E-state index contributed by atoms with van der Waals surface area (Å²) >= 11 is 0. The van der Waals surface area contributed by atoms with Crippen molar-refractivity contribution in [2.24, 2.45) is 5.11 Å². The van der Waals surface area contributed by atoms with Crippen molar-refractivity contribution < 1.29 is 9.53 Å². The van der Waals surface area contributed by atoms with Gasteiger partial charge in [-0.2, -0.15) is 0 Å². The summed E-state index contributed by atoms with van der Waals surface area (Å²) in [6, 6.07) is 14.0. The Labute approximate surface area is 122 Å². The average Bonchev–Trinajstić information content (AvgIpc) is 2.54. The molecule has 21 heavy (non-hydrogen) atoms. The van der Waals surface area contributed by atoms with Gasteiger partial charge >= 0.3 is 0 Å². The second-order valence-corrected chi connectivity index (χ2v) is 4.18. The molecule has 0 aliphatic rings. The van der Waals surface area contributed by atoms with Gasteiger partial charge in [-0.25, -0.2) is 0 Å². The van der Waals surface area contributed by atoms with E-state index in [1.54, 1.807) is 48.5 Å². The summed E-state index contributed by atoms with van der Waals surface area (Å²) in [6.45, 7) is 0. The van der Waals surface area contributed by atoms with Gasteiger partial charge in [0.25, 0.3) is 0 Å². The molecule has 2 aromatic carbocycles. The Morgan fingerprint density at radius 1 is 1.19 bits per heavy atom. The SMILES string of the molecule is COc1ccccc1C(=O)/C=C/c1ccc(N=[N+]=[N-])cc1. The van der Waals surface area contributed by atoms with E-state index in [1.165, 1.54) is 13.2 Å². The number of azide groups is 1. The molecule has 5 heteroatoms. The first kappa shape index (κ1) is 14.4. The van der Waals surface area contributed by atoms with Crippen LogP contribution in [0.5, 0.6) is 5.75 Å². The second-order valence-electron chi connectivity index (χ2n) is 4.18. The summed E-state index contributed by atoms with van der Waals surface area (Å²) in [5.74, 6) is 0.414. The van der Waals surface area contributed by atoms with E-state index in [-0.39, 0.29) is 5.78 Å². The highest BCUT2D eigenvalue weighted by molar-refractivity contribution is 6.08. The van der Waals surface area contributed by atoms with Gasteiger partial charge < -0.3 is 4.74 Å². The first-order chi connectivity index (χ1) is 10.2. The maximum atomic E-state index is 12.1. The van der Waals surface area contributed by atoms with E-state index < -0.39 is 0 Å². The third kappa shape index (κ3) is 3.72. The summed E-state index contributed by atoms with van der Waals surface area (Å²) in [4.78, 5) is 14.8. The number of rotatable bonds is 5. The normalized spacial score (nSPS) is 10.1. The van der Waals surface area contributed by atoms with Crippen molar-refractivity contribution in [3.63, 3.8) is 0 Å². The number of nitrogens with zero attached hydrogens (tertiary/aromatic N) is 3. The molecule has 0 unspecified atom stereocenters. The molecule has 0 aromatic heterocycles. The van der Waals surface area contributed by atoms with Crippen LogP contribution in [0.25, 0.3) is 16.5 Å². The zero-order valence-corrected chi connectivity index (χ0v) is 11.4. The maximum Gasteiger partial charge on any atom is 0.189 e. The number of methoxy groups -OCH3 is 1. The molecule has 0 aliphatic carbocycles. The Hall–Kier alpha value is -3.04. The highest BCUT2D eigenvalue weighted by atomic mass is 16.5. The van der Waals surface area contributed by atoms with E-state index in [2.05, 4.69) is 10.0 Å². The van der Waals surface area contributed by atoms with E-state index in [9.17, 15) is 4.79 Å². The van der Waals surface area contributed by atoms with Crippen molar-refractivity contribution >= 4 is 17.5 Å². The van der Waals surface area contributed by atoms with Crippen molar-refractivity contribution in [1.82, 2.24) is 0 Å². The number of hydrogen-bond acceptors (Lipinski definition) is 3. The number of ether oxygens (including phenoxy) is 1. The third-order valence-electron chi connectivity index (χ3n) is 2.85. The lowest BCUT2D eigenvalue weighted by molar-refractivity contribution is 0.104. The lowest BCUT2D eigenvalue weighted by Gasteiger charge is -2.04. The number of allylic oxidation sites excluding steroid dienone is 1. The number of carbonyl (C=O) groups is 1. The van der Waals surface area contributed by atoms with Crippen molar-refractivity contribution in [1.29, 1.82) is 0 Å². The van der Waals surface area contributed by atoms with Crippen LogP contribution in [0.4, 0.5) is 5.69 Å². The van der Waals surface area contributed by atoms with E-state index in [0.29, 0.717) is 17.0 Å². The zero-order valence-electron chi connectivity index (χ0n) is 11.4. The summed E-state index contributed by atoms with van der Waals surface area (Å²) < 4.78 is 5.16. The summed E-state index contributed by atoms with van der Waals surface area (Å²) in [5.41, 5.74) is 10.2. The third-order valence-corrected chi connectivity index (χ3v) is 2.85.